The number of nitrogens with one attached hydrogen (secondary N) is 1. The summed E-state index contributed by atoms with van der Waals surface area (Å²) in [5.74, 6) is -2.15. The van der Waals surface area contributed by atoms with E-state index < -0.39 is 40.4 Å². The molecule has 0 radical (unpaired) electrons. The van der Waals surface area contributed by atoms with E-state index in [9.17, 15) is 26.7 Å². The Morgan fingerprint density at radius 1 is 0.941 bits per heavy atom. The lowest BCUT2D eigenvalue weighted by atomic mass is 9.95. The quantitative estimate of drug-likeness (QED) is 0.352. The molecule has 0 aliphatic rings. The van der Waals surface area contributed by atoms with Gasteiger partial charge in [0.05, 0.1) is 34.4 Å². The summed E-state index contributed by atoms with van der Waals surface area (Å²) in [6, 6.07) is 9.63. The number of carbonyl (C=O) groups is 1. The molecule has 0 atom stereocenters. The smallest absolute Gasteiger partial charge is 0.325 e. The molecule has 0 saturated carbocycles. The van der Waals surface area contributed by atoms with Crippen molar-refractivity contribution in [2.75, 3.05) is 5.32 Å². The van der Waals surface area contributed by atoms with E-state index in [0.717, 1.165) is 18.2 Å². The van der Waals surface area contributed by atoms with Crippen molar-refractivity contribution in [3.8, 4) is 22.5 Å². The Hall–Kier alpha value is -3.82. The Balaban J connectivity index is 1.78. The number of alkyl halides is 3. The third-order valence-corrected chi connectivity index (χ3v) is 5.09. The lowest BCUT2D eigenvalue weighted by Crippen LogP contribution is -2.28. The molecule has 34 heavy (non-hydrogen) atoms. The summed E-state index contributed by atoms with van der Waals surface area (Å²) < 4.78 is 70.1. The van der Waals surface area contributed by atoms with Crippen molar-refractivity contribution in [2.24, 2.45) is 5.41 Å². The number of nitrogens with zero attached hydrogens (tertiary/aromatic N) is 3. The lowest BCUT2D eigenvalue weighted by Gasteiger charge is -2.20. The predicted molar refractivity (Wildman–Crippen MR) is 117 cm³/mol. The summed E-state index contributed by atoms with van der Waals surface area (Å²) in [6.45, 7) is 4.76. The zero-order valence-corrected chi connectivity index (χ0v) is 18.3. The van der Waals surface area contributed by atoms with Crippen LogP contribution >= 0.6 is 0 Å². The molecule has 0 unspecified atom stereocenters. The van der Waals surface area contributed by atoms with Crippen LogP contribution in [0.1, 0.15) is 26.3 Å². The van der Waals surface area contributed by atoms with Crippen LogP contribution in [0.15, 0.2) is 54.7 Å². The fourth-order valence-electron chi connectivity index (χ4n) is 3.26. The van der Waals surface area contributed by atoms with Gasteiger partial charge in [0.1, 0.15) is 11.6 Å². The molecular formula is C24H19F5N4O. The molecule has 0 bridgehead atoms. The number of anilines is 1. The van der Waals surface area contributed by atoms with Crippen LogP contribution in [0.25, 0.3) is 28.2 Å². The summed E-state index contributed by atoms with van der Waals surface area (Å²) in [4.78, 5) is 16.7. The van der Waals surface area contributed by atoms with E-state index in [1.54, 1.807) is 20.8 Å². The number of halogens is 5. The highest BCUT2D eigenvalue weighted by Gasteiger charge is 2.35. The second-order valence-corrected chi connectivity index (χ2v) is 8.71. The number of carbonyl (C=O) groups excluding carboxylic acids is 1. The summed E-state index contributed by atoms with van der Waals surface area (Å²) >= 11 is 0. The second kappa shape index (κ2) is 8.19. The number of amides is 1. The summed E-state index contributed by atoms with van der Waals surface area (Å²) in [7, 11) is 0. The molecule has 2 aromatic heterocycles. The summed E-state index contributed by atoms with van der Waals surface area (Å²) in [5, 5.41) is 6.55. The van der Waals surface area contributed by atoms with Gasteiger partial charge in [0, 0.05) is 11.0 Å². The van der Waals surface area contributed by atoms with Crippen LogP contribution in [-0.2, 0) is 11.0 Å². The molecule has 0 aliphatic carbocycles. The van der Waals surface area contributed by atoms with Gasteiger partial charge in [0.15, 0.2) is 5.65 Å². The highest BCUT2D eigenvalue weighted by atomic mass is 19.4. The number of aromatic nitrogens is 3. The maximum atomic E-state index is 14.1. The normalized spacial score (nSPS) is 12.2. The Bertz CT molecular complexity index is 1380. The number of fused-ring (bicyclic) bond motifs is 1. The van der Waals surface area contributed by atoms with Crippen molar-refractivity contribution >= 4 is 17.2 Å². The molecule has 1 N–H and O–H groups in total. The van der Waals surface area contributed by atoms with Gasteiger partial charge in [-0.3, -0.25) is 4.79 Å². The Kier molecular flexibility index (Phi) is 5.63. The summed E-state index contributed by atoms with van der Waals surface area (Å²) in [5.41, 5.74) is -1.71. The SMILES string of the molecule is CC(C)(C)C(=O)Nc1cc(-c2cn3nc(-c4c(F)cccc4F)ccc3n2)ccc1C(F)(F)F. The largest absolute Gasteiger partial charge is 0.418 e. The van der Waals surface area contributed by atoms with Crippen molar-refractivity contribution in [2.45, 2.75) is 26.9 Å². The standard InChI is InChI=1S/C24H19F5N4O/c1-23(2,3)22(34)31-18-11-13(7-8-14(18)24(27,28)29)19-12-33-20(30-19)10-9-17(32-33)21-15(25)5-4-6-16(21)26/h4-12H,1-3H3,(H,31,34). The molecule has 10 heteroatoms. The van der Waals surface area contributed by atoms with Gasteiger partial charge in [-0.25, -0.2) is 18.3 Å². The zero-order valence-electron chi connectivity index (χ0n) is 18.3. The van der Waals surface area contributed by atoms with Gasteiger partial charge in [0.25, 0.3) is 0 Å². The molecule has 4 rings (SSSR count). The first-order valence-corrected chi connectivity index (χ1v) is 10.2. The van der Waals surface area contributed by atoms with Crippen LogP contribution in [-0.4, -0.2) is 20.5 Å². The van der Waals surface area contributed by atoms with Crippen molar-refractivity contribution in [1.29, 1.82) is 0 Å². The Morgan fingerprint density at radius 2 is 1.62 bits per heavy atom. The first-order valence-electron chi connectivity index (χ1n) is 10.2. The highest BCUT2D eigenvalue weighted by Crippen LogP contribution is 2.38. The van der Waals surface area contributed by atoms with Crippen molar-refractivity contribution in [3.05, 3.63) is 71.9 Å². The minimum absolute atomic E-state index is 0.0256. The summed E-state index contributed by atoms with van der Waals surface area (Å²) in [6.07, 6.45) is -3.26. The van der Waals surface area contributed by atoms with E-state index in [0.29, 0.717) is 11.2 Å². The maximum Gasteiger partial charge on any atom is 0.418 e. The monoisotopic (exact) mass is 474 g/mol. The maximum absolute atomic E-state index is 14.1. The number of benzene rings is 2. The number of hydrogen-bond donors (Lipinski definition) is 1. The van der Waals surface area contributed by atoms with Gasteiger partial charge < -0.3 is 5.32 Å². The van der Waals surface area contributed by atoms with Gasteiger partial charge in [-0.1, -0.05) is 32.9 Å². The third-order valence-electron chi connectivity index (χ3n) is 5.09. The van der Waals surface area contributed by atoms with E-state index in [1.807, 2.05) is 0 Å². The third kappa shape index (κ3) is 4.48. The van der Waals surface area contributed by atoms with Crippen LogP contribution in [0.5, 0.6) is 0 Å². The number of imidazole rings is 1. The molecule has 0 aliphatic heterocycles. The van der Waals surface area contributed by atoms with Crippen LogP contribution in [0.2, 0.25) is 0 Å². The van der Waals surface area contributed by atoms with Gasteiger partial charge in [-0.15, -0.1) is 0 Å². The van der Waals surface area contributed by atoms with Crippen LogP contribution in [0.4, 0.5) is 27.6 Å². The zero-order chi connectivity index (χ0) is 24.8. The average Bonchev–Trinajstić information content (AvgIpc) is 3.15. The fraction of sp³-hybridized carbons (Fsp3) is 0.208. The average molecular weight is 474 g/mol. The molecular weight excluding hydrogens is 455 g/mol. The Morgan fingerprint density at radius 3 is 2.24 bits per heavy atom. The van der Waals surface area contributed by atoms with Gasteiger partial charge in [-0.2, -0.15) is 18.3 Å². The van der Waals surface area contributed by atoms with E-state index in [-0.39, 0.29) is 17.0 Å². The van der Waals surface area contributed by atoms with Crippen LogP contribution < -0.4 is 5.32 Å². The first-order chi connectivity index (χ1) is 15.8. The molecule has 2 aromatic carbocycles. The number of rotatable bonds is 3. The minimum atomic E-state index is -4.68. The molecule has 0 saturated heterocycles. The van der Waals surface area contributed by atoms with E-state index >= 15 is 0 Å². The van der Waals surface area contributed by atoms with Gasteiger partial charge >= 0.3 is 6.18 Å². The van der Waals surface area contributed by atoms with E-state index in [2.05, 4.69) is 15.4 Å². The van der Waals surface area contributed by atoms with Gasteiger partial charge in [-0.05, 0) is 36.4 Å². The number of hydrogen-bond acceptors (Lipinski definition) is 3. The van der Waals surface area contributed by atoms with E-state index in [1.165, 1.54) is 41.0 Å². The lowest BCUT2D eigenvalue weighted by molar-refractivity contribution is -0.137. The van der Waals surface area contributed by atoms with Gasteiger partial charge in [0.2, 0.25) is 5.91 Å². The fourth-order valence-corrected chi connectivity index (χ4v) is 3.26. The second-order valence-electron chi connectivity index (χ2n) is 8.71. The van der Waals surface area contributed by atoms with Crippen LogP contribution in [0, 0.1) is 17.0 Å². The van der Waals surface area contributed by atoms with Crippen LogP contribution in [0.3, 0.4) is 0 Å². The molecule has 0 fully saturated rings. The molecule has 4 aromatic rings. The molecule has 0 spiro atoms. The molecule has 1 amide bonds. The highest BCUT2D eigenvalue weighted by molar-refractivity contribution is 5.96. The molecule has 176 valence electrons. The van der Waals surface area contributed by atoms with Crippen molar-refractivity contribution in [3.63, 3.8) is 0 Å². The van der Waals surface area contributed by atoms with Crippen molar-refractivity contribution < 1.29 is 26.7 Å². The predicted octanol–water partition coefficient (Wildman–Crippen LogP) is 6.34. The molecule has 5 nitrogen and oxygen atoms in total. The first kappa shape index (κ1) is 23.3. The topological polar surface area (TPSA) is 59.3 Å². The minimum Gasteiger partial charge on any atom is -0.325 e. The van der Waals surface area contributed by atoms with Crippen molar-refractivity contribution in [1.82, 2.24) is 14.6 Å². The van der Waals surface area contributed by atoms with E-state index in [4.69, 9.17) is 0 Å². The molecule has 2 heterocycles. The Labute approximate surface area is 191 Å².